The molecule has 0 atom stereocenters. The van der Waals surface area contributed by atoms with Gasteiger partial charge in [-0.3, -0.25) is 4.79 Å². The van der Waals surface area contributed by atoms with Crippen LogP contribution in [0.2, 0.25) is 0 Å². The van der Waals surface area contributed by atoms with Gasteiger partial charge in [-0.05, 0) is 43.7 Å². The molecular formula is C20H23NO5. The van der Waals surface area contributed by atoms with Gasteiger partial charge in [0.05, 0.1) is 24.8 Å². The molecule has 1 amide bonds. The molecule has 0 bridgehead atoms. The molecule has 0 fully saturated rings. The molecule has 0 heterocycles. The van der Waals surface area contributed by atoms with E-state index in [0.717, 1.165) is 17.1 Å². The normalized spacial score (nSPS) is 9.96. The number of methoxy groups -OCH3 is 1. The van der Waals surface area contributed by atoms with Crippen LogP contribution in [0.3, 0.4) is 0 Å². The number of benzene rings is 2. The van der Waals surface area contributed by atoms with Crippen LogP contribution in [0.1, 0.15) is 40.1 Å². The van der Waals surface area contributed by atoms with Crippen LogP contribution in [0.15, 0.2) is 48.5 Å². The van der Waals surface area contributed by atoms with Crippen molar-refractivity contribution >= 4 is 18.0 Å². The van der Waals surface area contributed by atoms with E-state index in [9.17, 15) is 9.59 Å². The van der Waals surface area contributed by atoms with Gasteiger partial charge in [-0.2, -0.15) is 0 Å². The summed E-state index contributed by atoms with van der Waals surface area (Å²) in [5.41, 5.74) is 6.04. The summed E-state index contributed by atoms with van der Waals surface area (Å²) in [6.45, 7) is 4.60. The highest BCUT2D eigenvalue weighted by Crippen LogP contribution is 2.28. The number of rotatable bonds is 6. The van der Waals surface area contributed by atoms with Gasteiger partial charge in [0, 0.05) is 0 Å². The van der Waals surface area contributed by atoms with Crippen molar-refractivity contribution in [1.82, 2.24) is 0 Å². The number of carbonyl (C=O) groups excluding carboxylic acids is 1. The Balaban J connectivity index is 0.000000263. The molecule has 2 rings (SSSR count). The van der Waals surface area contributed by atoms with Gasteiger partial charge in [0.15, 0.2) is 11.5 Å². The summed E-state index contributed by atoms with van der Waals surface area (Å²) < 4.78 is 10.6. The number of hydrogen-bond acceptors (Lipinski definition) is 4. The fourth-order valence-corrected chi connectivity index (χ4v) is 2.14. The Morgan fingerprint density at radius 1 is 1.12 bits per heavy atom. The van der Waals surface area contributed by atoms with Crippen LogP contribution in [-0.4, -0.2) is 30.7 Å². The molecule has 26 heavy (non-hydrogen) atoms. The van der Waals surface area contributed by atoms with Gasteiger partial charge in [0.25, 0.3) is 0 Å². The van der Waals surface area contributed by atoms with Crippen molar-refractivity contribution in [3.05, 3.63) is 65.2 Å². The maximum Gasteiger partial charge on any atom is 0.336 e. The van der Waals surface area contributed by atoms with E-state index in [1.807, 2.05) is 44.2 Å². The molecule has 0 aliphatic carbocycles. The average molecular weight is 357 g/mol. The summed E-state index contributed by atoms with van der Waals surface area (Å²) in [7, 11) is 1.65. The van der Waals surface area contributed by atoms with Crippen molar-refractivity contribution in [2.24, 2.45) is 5.73 Å². The van der Waals surface area contributed by atoms with Crippen LogP contribution in [-0.2, 0) is 0 Å². The molecular weight excluding hydrogens is 334 g/mol. The fraction of sp³-hybridized carbons (Fsp3) is 0.200. The Hall–Kier alpha value is -3.28. The predicted octanol–water partition coefficient (Wildman–Crippen LogP) is 3.61. The molecule has 0 spiro atoms. The molecule has 6 nitrogen and oxygen atoms in total. The lowest BCUT2D eigenvalue weighted by molar-refractivity contribution is 0.0692. The Morgan fingerprint density at radius 2 is 1.77 bits per heavy atom. The summed E-state index contributed by atoms with van der Waals surface area (Å²) in [6.07, 6.45) is 4.02. The smallest absolute Gasteiger partial charge is 0.336 e. The van der Waals surface area contributed by atoms with Crippen LogP contribution in [0.25, 0.3) is 6.08 Å². The second-order valence-corrected chi connectivity index (χ2v) is 5.06. The van der Waals surface area contributed by atoms with Gasteiger partial charge < -0.3 is 20.3 Å². The van der Waals surface area contributed by atoms with Gasteiger partial charge in [-0.1, -0.05) is 30.4 Å². The number of carbonyl (C=O) groups is 2. The third kappa shape index (κ3) is 5.98. The first kappa shape index (κ1) is 20.8. The fourth-order valence-electron chi connectivity index (χ4n) is 2.14. The van der Waals surface area contributed by atoms with Gasteiger partial charge in [-0.25, -0.2) is 4.79 Å². The Labute approximate surface area is 152 Å². The number of aromatic carboxylic acids is 1. The highest BCUT2D eigenvalue weighted by molar-refractivity contribution is 6.03. The van der Waals surface area contributed by atoms with Crippen molar-refractivity contribution in [2.75, 3.05) is 13.7 Å². The van der Waals surface area contributed by atoms with E-state index in [-0.39, 0.29) is 11.1 Å². The summed E-state index contributed by atoms with van der Waals surface area (Å²) >= 11 is 0. The maximum atomic E-state index is 10.7. The molecule has 0 unspecified atom stereocenters. The summed E-state index contributed by atoms with van der Waals surface area (Å²) in [5.74, 6) is -0.303. The zero-order valence-electron chi connectivity index (χ0n) is 15.1. The number of allylic oxidation sites excluding steroid dienone is 1. The largest absolute Gasteiger partial charge is 0.493 e. The number of primary amides is 1. The number of nitrogens with two attached hydrogens (primary N) is 1. The summed E-state index contributed by atoms with van der Waals surface area (Å²) in [6, 6.07) is 11.7. The standard InChI is InChI=1S/C12H16O2.C8H7NO3/c1-4-6-10-7-8-11(14-5-2)12(9-10)13-3;9-7(10)5-3-1-2-4-6(5)8(11)12/h4,6-9H,5H2,1-3H3;1-4H,(H2,9,10)(H,11,12). The summed E-state index contributed by atoms with van der Waals surface area (Å²) in [5, 5.41) is 8.61. The first-order chi connectivity index (χ1) is 12.4. The molecule has 2 aromatic carbocycles. The molecule has 0 aromatic heterocycles. The third-order valence-corrected chi connectivity index (χ3v) is 3.27. The second kappa shape index (κ2) is 10.6. The van der Waals surface area contributed by atoms with Crippen molar-refractivity contribution in [1.29, 1.82) is 0 Å². The Morgan fingerprint density at radius 3 is 2.23 bits per heavy atom. The molecule has 0 radical (unpaired) electrons. The van der Waals surface area contributed by atoms with E-state index in [4.69, 9.17) is 20.3 Å². The van der Waals surface area contributed by atoms with Gasteiger partial charge in [0.2, 0.25) is 5.91 Å². The molecule has 3 N–H and O–H groups in total. The minimum atomic E-state index is -1.15. The monoisotopic (exact) mass is 357 g/mol. The van der Waals surface area contributed by atoms with Gasteiger partial charge >= 0.3 is 5.97 Å². The quantitative estimate of drug-likeness (QED) is 0.823. The van der Waals surface area contributed by atoms with E-state index in [1.54, 1.807) is 13.2 Å². The maximum absolute atomic E-state index is 10.7. The lowest BCUT2D eigenvalue weighted by Crippen LogP contribution is -2.15. The molecule has 2 aromatic rings. The van der Waals surface area contributed by atoms with Crippen LogP contribution in [0.5, 0.6) is 11.5 Å². The van der Waals surface area contributed by atoms with Crippen LogP contribution in [0, 0.1) is 0 Å². The highest BCUT2D eigenvalue weighted by Gasteiger charge is 2.12. The van der Waals surface area contributed by atoms with E-state index in [0.29, 0.717) is 6.61 Å². The zero-order chi connectivity index (χ0) is 19.5. The van der Waals surface area contributed by atoms with Crippen molar-refractivity contribution < 1.29 is 24.2 Å². The number of carboxylic acid groups (broad SMARTS) is 1. The molecule has 0 saturated carbocycles. The number of amides is 1. The first-order valence-electron chi connectivity index (χ1n) is 8.00. The van der Waals surface area contributed by atoms with E-state index in [2.05, 4.69) is 0 Å². The van der Waals surface area contributed by atoms with E-state index >= 15 is 0 Å². The minimum absolute atomic E-state index is 0.0324. The predicted molar refractivity (Wildman–Crippen MR) is 101 cm³/mol. The lowest BCUT2D eigenvalue weighted by atomic mass is 10.1. The van der Waals surface area contributed by atoms with Crippen molar-refractivity contribution in [2.45, 2.75) is 13.8 Å². The molecule has 0 aliphatic rings. The highest BCUT2D eigenvalue weighted by atomic mass is 16.5. The topological polar surface area (TPSA) is 98.9 Å². The molecule has 138 valence electrons. The average Bonchev–Trinajstić information content (AvgIpc) is 2.63. The van der Waals surface area contributed by atoms with Crippen LogP contribution in [0.4, 0.5) is 0 Å². The Bertz CT molecular complexity index is 751. The SMILES string of the molecule is CC=Cc1ccc(OCC)c(OC)c1.NC(=O)c1ccccc1C(=O)O. The van der Waals surface area contributed by atoms with Gasteiger partial charge in [-0.15, -0.1) is 0 Å². The van der Waals surface area contributed by atoms with Crippen LogP contribution < -0.4 is 15.2 Å². The number of ether oxygens (including phenoxy) is 2. The van der Waals surface area contributed by atoms with E-state index in [1.165, 1.54) is 18.2 Å². The molecule has 0 saturated heterocycles. The lowest BCUT2D eigenvalue weighted by Gasteiger charge is -2.09. The molecule has 0 aliphatic heterocycles. The van der Waals surface area contributed by atoms with Crippen molar-refractivity contribution in [3.8, 4) is 11.5 Å². The molecule has 6 heteroatoms. The van der Waals surface area contributed by atoms with Crippen LogP contribution >= 0.6 is 0 Å². The first-order valence-corrected chi connectivity index (χ1v) is 8.00. The summed E-state index contributed by atoms with van der Waals surface area (Å²) in [4.78, 5) is 21.2. The zero-order valence-corrected chi connectivity index (χ0v) is 15.1. The number of hydrogen-bond donors (Lipinski definition) is 2. The second-order valence-electron chi connectivity index (χ2n) is 5.06. The number of carboxylic acids is 1. The third-order valence-electron chi connectivity index (χ3n) is 3.27. The van der Waals surface area contributed by atoms with E-state index < -0.39 is 11.9 Å². The van der Waals surface area contributed by atoms with Crippen molar-refractivity contribution in [3.63, 3.8) is 0 Å². The Kier molecular flexibility index (Phi) is 8.43. The minimum Gasteiger partial charge on any atom is -0.493 e. The van der Waals surface area contributed by atoms with Gasteiger partial charge in [0.1, 0.15) is 0 Å².